The van der Waals surface area contributed by atoms with E-state index in [0.29, 0.717) is 29.7 Å². The molecule has 0 radical (unpaired) electrons. The second-order valence-corrected chi connectivity index (χ2v) is 9.96. The molecule has 0 spiro atoms. The number of methoxy groups -OCH3 is 1. The summed E-state index contributed by atoms with van der Waals surface area (Å²) in [5.74, 6) is -2.80. The van der Waals surface area contributed by atoms with Crippen molar-refractivity contribution in [2.24, 2.45) is 17.8 Å². The van der Waals surface area contributed by atoms with Gasteiger partial charge in [-0.05, 0) is 73.8 Å². The van der Waals surface area contributed by atoms with Crippen molar-refractivity contribution in [3.63, 3.8) is 0 Å². The molecule has 9 nitrogen and oxygen atoms in total. The first-order valence-electron chi connectivity index (χ1n) is 12.7. The average molecular weight is 516 g/mol. The van der Waals surface area contributed by atoms with Crippen LogP contribution in [0.2, 0.25) is 6.32 Å². The molecule has 0 unspecified atom stereocenters. The maximum Gasteiger partial charge on any atom is 0.455 e. The lowest BCUT2D eigenvalue weighted by atomic mass is 9.58. The Morgan fingerprint density at radius 3 is 2.66 bits per heavy atom. The summed E-state index contributed by atoms with van der Waals surface area (Å²) in [6.45, 7) is 1.92. The number of carbonyl (C=O) groups excluding carboxylic acids is 3. The van der Waals surface area contributed by atoms with E-state index in [-0.39, 0.29) is 12.1 Å². The van der Waals surface area contributed by atoms with Gasteiger partial charge in [-0.15, -0.1) is 0 Å². The summed E-state index contributed by atoms with van der Waals surface area (Å²) in [6, 6.07) is 12.7. The van der Waals surface area contributed by atoms with Crippen LogP contribution in [-0.4, -0.2) is 58.3 Å². The quantitative estimate of drug-likeness (QED) is 0.350. The smallest absolute Gasteiger partial charge is 0.455 e. The molecule has 2 aromatic rings. The van der Waals surface area contributed by atoms with Gasteiger partial charge in [-0.1, -0.05) is 29.8 Å². The fourth-order valence-electron chi connectivity index (χ4n) is 6.10. The maximum atomic E-state index is 13.2. The first kappa shape index (κ1) is 25.9. The highest BCUT2D eigenvalue weighted by Gasteiger charge is 2.58. The van der Waals surface area contributed by atoms with Crippen molar-refractivity contribution in [3.05, 3.63) is 71.1 Å². The monoisotopic (exact) mass is 516 g/mol. The Morgan fingerprint density at radius 1 is 1.18 bits per heavy atom. The minimum atomic E-state index is -1.11. The third-order valence-electron chi connectivity index (χ3n) is 7.75. The van der Waals surface area contributed by atoms with Crippen LogP contribution < -0.4 is 0 Å². The average Bonchev–Trinajstić information content (AvgIpc) is 3.16. The molecule has 1 aliphatic carbocycles. The number of hydrogen-bond acceptors (Lipinski definition) is 8. The Kier molecular flexibility index (Phi) is 7.18. The molecule has 3 heterocycles. The van der Waals surface area contributed by atoms with E-state index in [1.807, 2.05) is 43.3 Å². The fourth-order valence-corrected chi connectivity index (χ4v) is 6.10. The van der Waals surface area contributed by atoms with E-state index in [1.165, 1.54) is 0 Å². The number of hydrogen-bond donors (Lipinski definition) is 2. The number of rotatable bonds is 5. The number of amides is 3. The highest BCUT2D eigenvalue weighted by atomic mass is 16.5. The molecule has 38 heavy (non-hydrogen) atoms. The van der Waals surface area contributed by atoms with E-state index in [9.17, 15) is 24.5 Å². The summed E-state index contributed by atoms with van der Waals surface area (Å²) < 4.78 is 10.7. The number of carbonyl (C=O) groups is 3. The molecule has 0 bridgehead atoms. The van der Waals surface area contributed by atoms with Gasteiger partial charge in [0.05, 0.1) is 30.7 Å². The lowest BCUT2D eigenvalue weighted by Crippen LogP contribution is -2.46. The Balaban J connectivity index is 1.44. The van der Waals surface area contributed by atoms with Gasteiger partial charge in [0.15, 0.2) is 0 Å². The summed E-state index contributed by atoms with van der Waals surface area (Å²) in [4.78, 5) is 43.5. The SMILES string of the molecule is COC(=O)N1C(=O)[C@@H]2[C@@H](CC(C)=C3[C@@H](CC/C(=C/c4ccccc4O)c4ccccn4)OB(O)C[C@@H]32)C1=O. The number of aromatic nitrogens is 1. The van der Waals surface area contributed by atoms with Crippen LogP contribution in [0.1, 0.15) is 37.4 Å². The molecular weight excluding hydrogens is 487 g/mol. The molecule has 3 amide bonds. The Hall–Kier alpha value is -3.76. The number of nitrogens with zero attached hydrogens (tertiary/aromatic N) is 2. The van der Waals surface area contributed by atoms with Crippen LogP contribution in [-0.2, 0) is 19.0 Å². The first-order chi connectivity index (χ1) is 18.3. The molecule has 10 heteroatoms. The fraction of sp³-hybridized carbons (Fsp3) is 0.357. The van der Waals surface area contributed by atoms with Crippen LogP contribution in [0, 0.1) is 17.8 Å². The summed E-state index contributed by atoms with van der Waals surface area (Å²) >= 11 is 0. The second kappa shape index (κ2) is 10.5. The van der Waals surface area contributed by atoms with Gasteiger partial charge >= 0.3 is 13.2 Å². The zero-order chi connectivity index (χ0) is 27.0. The number of phenolic OH excluding ortho intramolecular Hbond substituents is 1. The molecule has 0 saturated carbocycles. The van der Waals surface area contributed by atoms with Crippen molar-refractivity contribution in [2.45, 2.75) is 38.6 Å². The van der Waals surface area contributed by atoms with Gasteiger partial charge in [-0.3, -0.25) is 14.6 Å². The number of allylic oxidation sites excluding steroid dienone is 2. The lowest BCUT2D eigenvalue weighted by Gasteiger charge is -2.42. The van der Waals surface area contributed by atoms with Gasteiger partial charge in [0, 0.05) is 11.8 Å². The summed E-state index contributed by atoms with van der Waals surface area (Å²) in [6.07, 6.45) is 3.63. The second-order valence-electron chi connectivity index (χ2n) is 9.96. The molecule has 1 aromatic carbocycles. The number of phenols is 1. The Bertz CT molecular complexity index is 1330. The van der Waals surface area contributed by atoms with Crippen LogP contribution in [0.5, 0.6) is 5.75 Å². The summed E-state index contributed by atoms with van der Waals surface area (Å²) in [7, 11) is 0.0199. The number of ether oxygens (including phenoxy) is 1. The number of fused-ring (bicyclic) bond motifs is 3. The number of pyridine rings is 1. The predicted molar refractivity (Wildman–Crippen MR) is 139 cm³/mol. The molecule has 2 N–H and O–H groups in total. The van der Waals surface area contributed by atoms with E-state index in [4.69, 9.17) is 4.65 Å². The van der Waals surface area contributed by atoms with Crippen molar-refractivity contribution in [1.29, 1.82) is 0 Å². The van der Waals surface area contributed by atoms with Gasteiger partial charge in [0.2, 0.25) is 11.8 Å². The zero-order valence-corrected chi connectivity index (χ0v) is 21.2. The molecule has 2 saturated heterocycles. The van der Waals surface area contributed by atoms with Crippen LogP contribution in [0.4, 0.5) is 4.79 Å². The van der Waals surface area contributed by atoms with Crippen LogP contribution >= 0.6 is 0 Å². The molecule has 5 rings (SSSR count). The van der Waals surface area contributed by atoms with Gasteiger partial charge in [-0.2, -0.15) is 4.90 Å². The van der Waals surface area contributed by atoms with Crippen molar-refractivity contribution in [3.8, 4) is 5.75 Å². The van der Waals surface area contributed by atoms with Gasteiger partial charge < -0.3 is 19.5 Å². The molecule has 2 fully saturated rings. The van der Waals surface area contributed by atoms with Crippen LogP contribution in [0.3, 0.4) is 0 Å². The third-order valence-corrected chi connectivity index (χ3v) is 7.75. The van der Waals surface area contributed by atoms with E-state index < -0.39 is 48.9 Å². The lowest BCUT2D eigenvalue weighted by molar-refractivity contribution is -0.137. The van der Waals surface area contributed by atoms with Crippen molar-refractivity contribution in [2.75, 3.05) is 7.11 Å². The standard InChI is InChI=1S/C28H29BN2O7/c1-16-13-19-25(27(34)31(26(19)33)28(35)37-2)20-15-29(36)38-23(24(16)20)11-10-17(21-8-5-6-12-30-21)14-18-7-3-4-9-22(18)32/h3-9,12,14,19-20,23,25,32,36H,10-11,13,15H2,1-2H3/b17-14-/t19-,20+,23-,25-/m1/s1. The van der Waals surface area contributed by atoms with Crippen molar-refractivity contribution < 1.29 is 33.9 Å². The topological polar surface area (TPSA) is 126 Å². The number of imide groups is 3. The third kappa shape index (κ3) is 4.65. The zero-order valence-electron chi connectivity index (χ0n) is 21.2. The predicted octanol–water partition coefficient (Wildman–Crippen LogP) is 3.69. The molecule has 196 valence electrons. The minimum absolute atomic E-state index is 0.154. The van der Waals surface area contributed by atoms with Crippen LogP contribution in [0.15, 0.2) is 59.8 Å². The number of para-hydroxylation sites is 1. The van der Waals surface area contributed by atoms with E-state index in [1.54, 1.807) is 18.3 Å². The van der Waals surface area contributed by atoms with Crippen molar-refractivity contribution in [1.82, 2.24) is 9.88 Å². The summed E-state index contributed by atoms with van der Waals surface area (Å²) in [5.41, 5.74) is 4.13. The number of likely N-dealkylation sites (tertiary alicyclic amines) is 1. The molecular formula is C28H29BN2O7. The number of aromatic hydroxyl groups is 1. The maximum absolute atomic E-state index is 13.2. The molecule has 3 aliphatic rings. The molecule has 2 aliphatic heterocycles. The highest BCUT2D eigenvalue weighted by molar-refractivity contribution is 6.43. The van der Waals surface area contributed by atoms with E-state index >= 15 is 0 Å². The minimum Gasteiger partial charge on any atom is -0.507 e. The van der Waals surface area contributed by atoms with Crippen LogP contribution in [0.25, 0.3) is 11.6 Å². The van der Waals surface area contributed by atoms with E-state index in [0.717, 1.165) is 29.5 Å². The van der Waals surface area contributed by atoms with Gasteiger partial charge in [-0.25, -0.2) is 4.79 Å². The Morgan fingerprint density at radius 2 is 1.95 bits per heavy atom. The molecule has 1 aromatic heterocycles. The first-order valence-corrected chi connectivity index (χ1v) is 12.7. The largest absolute Gasteiger partial charge is 0.507 e. The number of benzene rings is 1. The Labute approximate surface area is 220 Å². The normalized spacial score (nSPS) is 25.4. The highest BCUT2D eigenvalue weighted by Crippen LogP contribution is 2.50. The van der Waals surface area contributed by atoms with Gasteiger partial charge in [0.1, 0.15) is 5.75 Å². The van der Waals surface area contributed by atoms with E-state index in [2.05, 4.69) is 9.72 Å². The molecule has 4 atom stereocenters. The van der Waals surface area contributed by atoms with Gasteiger partial charge in [0.25, 0.3) is 0 Å². The summed E-state index contributed by atoms with van der Waals surface area (Å²) in [5, 5.41) is 21.0. The van der Waals surface area contributed by atoms with Crippen molar-refractivity contribution >= 4 is 36.7 Å².